The van der Waals surface area contributed by atoms with Crippen LogP contribution in [0.5, 0.6) is 0 Å². The van der Waals surface area contributed by atoms with E-state index in [1.165, 1.54) is 25.7 Å². The molecular weight excluding hydrogens is 200 g/mol. The largest absolute Gasteiger partial charge is 0.396 e. The quantitative estimate of drug-likeness (QED) is 0.613. The molecule has 98 valence electrons. The van der Waals surface area contributed by atoms with Crippen LogP contribution >= 0.6 is 0 Å². The fourth-order valence-electron chi connectivity index (χ4n) is 2.22. The van der Waals surface area contributed by atoms with Gasteiger partial charge in [0.25, 0.3) is 0 Å². The Balaban J connectivity index is 3.81. The molecule has 0 saturated carbocycles. The second-order valence-corrected chi connectivity index (χ2v) is 5.99. The fraction of sp³-hybridized carbons (Fsp3) is 1.00. The van der Waals surface area contributed by atoms with E-state index in [0.29, 0.717) is 12.0 Å². The van der Waals surface area contributed by atoms with Crippen LogP contribution in [0, 0.1) is 11.3 Å². The van der Waals surface area contributed by atoms with Crippen LogP contribution in [0.3, 0.4) is 0 Å². The number of aliphatic hydroxyl groups is 1. The monoisotopic (exact) mass is 230 g/mol. The summed E-state index contributed by atoms with van der Waals surface area (Å²) in [5, 5.41) is 8.74. The summed E-state index contributed by atoms with van der Waals surface area (Å²) in [5.41, 5.74) is 0.412. The maximum atomic E-state index is 8.74. The summed E-state index contributed by atoms with van der Waals surface area (Å²) in [6.07, 6.45) is 7.07. The Kier molecular flexibility index (Phi) is 8.96. The van der Waals surface area contributed by atoms with Gasteiger partial charge in [0, 0.05) is 20.3 Å². The van der Waals surface area contributed by atoms with Crippen LogP contribution in [0.2, 0.25) is 0 Å². The van der Waals surface area contributed by atoms with Crippen LogP contribution in [0.25, 0.3) is 0 Å². The molecule has 0 amide bonds. The van der Waals surface area contributed by atoms with E-state index in [1.54, 1.807) is 7.11 Å². The molecule has 1 atom stereocenters. The third-order valence-corrected chi connectivity index (χ3v) is 2.90. The molecule has 0 heterocycles. The van der Waals surface area contributed by atoms with E-state index in [9.17, 15) is 0 Å². The van der Waals surface area contributed by atoms with Crippen molar-refractivity contribution in [3.8, 4) is 0 Å². The fourth-order valence-corrected chi connectivity index (χ4v) is 2.22. The van der Waals surface area contributed by atoms with Crippen LogP contribution in [0.15, 0.2) is 0 Å². The van der Waals surface area contributed by atoms with Gasteiger partial charge in [-0.25, -0.2) is 0 Å². The van der Waals surface area contributed by atoms with Crippen molar-refractivity contribution < 1.29 is 9.84 Å². The first-order valence-corrected chi connectivity index (χ1v) is 6.59. The number of methoxy groups -OCH3 is 1. The normalized spacial score (nSPS) is 14.1. The van der Waals surface area contributed by atoms with Gasteiger partial charge in [-0.1, -0.05) is 40.0 Å². The smallest absolute Gasteiger partial charge is 0.0464 e. The molecular formula is C14H30O2. The first-order chi connectivity index (χ1) is 7.49. The highest BCUT2D eigenvalue weighted by atomic mass is 16.5. The number of ether oxygens (including phenoxy) is 1. The molecule has 0 aliphatic rings. The van der Waals surface area contributed by atoms with Gasteiger partial charge >= 0.3 is 0 Å². The number of unbranched alkanes of at least 4 members (excludes halogenated alkanes) is 2. The molecule has 16 heavy (non-hydrogen) atoms. The Morgan fingerprint density at radius 2 is 1.75 bits per heavy atom. The first kappa shape index (κ1) is 15.9. The second kappa shape index (κ2) is 9.00. The predicted molar refractivity (Wildman–Crippen MR) is 69.6 cm³/mol. The van der Waals surface area contributed by atoms with Gasteiger partial charge in [0.2, 0.25) is 0 Å². The molecule has 0 aromatic heterocycles. The predicted octanol–water partition coefficient (Wildman–Crippen LogP) is 3.63. The van der Waals surface area contributed by atoms with Crippen molar-refractivity contribution in [2.75, 3.05) is 20.3 Å². The standard InChI is InChI=1S/C14H30O2/c1-14(2,3)12-13(9-11-16-4)8-6-5-7-10-15/h13,15H,5-12H2,1-4H3/t13-/m1/s1. The van der Waals surface area contributed by atoms with Crippen molar-refractivity contribution in [1.82, 2.24) is 0 Å². The molecule has 0 aromatic rings. The van der Waals surface area contributed by atoms with E-state index in [1.807, 2.05) is 0 Å². The van der Waals surface area contributed by atoms with Crippen molar-refractivity contribution in [3.63, 3.8) is 0 Å². The van der Waals surface area contributed by atoms with E-state index in [2.05, 4.69) is 20.8 Å². The summed E-state index contributed by atoms with van der Waals surface area (Å²) in [6.45, 7) is 8.13. The van der Waals surface area contributed by atoms with Gasteiger partial charge in [0.1, 0.15) is 0 Å². The van der Waals surface area contributed by atoms with Gasteiger partial charge in [-0.05, 0) is 30.6 Å². The number of rotatable bonds is 9. The molecule has 0 aromatic carbocycles. The summed E-state index contributed by atoms with van der Waals surface area (Å²) in [4.78, 5) is 0. The van der Waals surface area contributed by atoms with Crippen LogP contribution in [0.4, 0.5) is 0 Å². The lowest BCUT2D eigenvalue weighted by atomic mass is 9.81. The molecule has 0 saturated heterocycles. The van der Waals surface area contributed by atoms with Gasteiger partial charge in [0.15, 0.2) is 0 Å². The van der Waals surface area contributed by atoms with Crippen LogP contribution < -0.4 is 0 Å². The summed E-state index contributed by atoms with van der Waals surface area (Å²) >= 11 is 0. The lowest BCUT2D eigenvalue weighted by molar-refractivity contribution is 0.157. The summed E-state index contributed by atoms with van der Waals surface area (Å²) in [5.74, 6) is 0.777. The highest BCUT2D eigenvalue weighted by Crippen LogP contribution is 2.29. The number of hydrogen-bond acceptors (Lipinski definition) is 2. The van der Waals surface area contributed by atoms with E-state index < -0.39 is 0 Å². The van der Waals surface area contributed by atoms with Gasteiger partial charge in [-0.3, -0.25) is 0 Å². The summed E-state index contributed by atoms with van der Waals surface area (Å²) < 4.78 is 5.17. The Morgan fingerprint density at radius 1 is 1.06 bits per heavy atom. The van der Waals surface area contributed by atoms with E-state index in [0.717, 1.165) is 25.4 Å². The molecule has 0 aliphatic carbocycles. The average Bonchev–Trinajstić information content (AvgIpc) is 2.18. The lowest BCUT2D eigenvalue weighted by Crippen LogP contribution is -2.15. The Hall–Kier alpha value is -0.0800. The molecule has 0 radical (unpaired) electrons. The third kappa shape index (κ3) is 10.4. The first-order valence-electron chi connectivity index (χ1n) is 6.59. The Morgan fingerprint density at radius 3 is 2.25 bits per heavy atom. The van der Waals surface area contributed by atoms with E-state index >= 15 is 0 Å². The zero-order valence-electron chi connectivity index (χ0n) is 11.6. The molecule has 2 nitrogen and oxygen atoms in total. The molecule has 0 aliphatic heterocycles. The van der Waals surface area contributed by atoms with E-state index in [4.69, 9.17) is 9.84 Å². The maximum Gasteiger partial charge on any atom is 0.0464 e. The maximum absolute atomic E-state index is 8.74. The molecule has 0 unspecified atom stereocenters. The second-order valence-electron chi connectivity index (χ2n) is 5.99. The molecule has 0 fully saturated rings. The van der Waals surface area contributed by atoms with Crippen molar-refractivity contribution in [2.45, 2.75) is 59.3 Å². The Bertz CT molecular complexity index is 149. The molecule has 0 rings (SSSR count). The zero-order valence-corrected chi connectivity index (χ0v) is 11.6. The Labute approximate surface area is 101 Å². The van der Waals surface area contributed by atoms with Gasteiger partial charge < -0.3 is 9.84 Å². The molecule has 2 heteroatoms. The van der Waals surface area contributed by atoms with E-state index in [-0.39, 0.29) is 0 Å². The van der Waals surface area contributed by atoms with Crippen molar-refractivity contribution in [2.24, 2.45) is 11.3 Å². The number of aliphatic hydroxyl groups excluding tert-OH is 1. The highest BCUT2D eigenvalue weighted by molar-refractivity contribution is 4.69. The lowest BCUT2D eigenvalue weighted by Gasteiger charge is -2.26. The van der Waals surface area contributed by atoms with Crippen LogP contribution in [0.1, 0.15) is 59.3 Å². The average molecular weight is 230 g/mol. The van der Waals surface area contributed by atoms with Gasteiger partial charge in [-0.15, -0.1) is 0 Å². The summed E-state index contributed by atoms with van der Waals surface area (Å²) in [7, 11) is 1.78. The summed E-state index contributed by atoms with van der Waals surface area (Å²) in [6, 6.07) is 0. The van der Waals surface area contributed by atoms with Crippen LogP contribution in [-0.4, -0.2) is 25.4 Å². The third-order valence-electron chi connectivity index (χ3n) is 2.90. The van der Waals surface area contributed by atoms with Crippen molar-refractivity contribution in [1.29, 1.82) is 0 Å². The molecule has 1 N–H and O–H groups in total. The zero-order chi connectivity index (χ0) is 12.4. The van der Waals surface area contributed by atoms with Crippen molar-refractivity contribution in [3.05, 3.63) is 0 Å². The SMILES string of the molecule is COCC[C@@H](CCCCCO)CC(C)(C)C. The minimum Gasteiger partial charge on any atom is -0.396 e. The number of hydrogen-bond donors (Lipinski definition) is 1. The van der Waals surface area contributed by atoms with Crippen LogP contribution in [-0.2, 0) is 4.74 Å². The van der Waals surface area contributed by atoms with Crippen molar-refractivity contribution >= 4 is 0 Å². The molecule has 0 bridgehead atoms. The highest BCUT2D eigenvalue weighted by Gasteiger charge is 2.18. The van der Waals surface area contributed by atoms with Gasteiger partial charge in [-0.2, -0.15) is 0 Å². The topological polar surface area (TPSA) is 29.5 Å². The minimum absolute atomic E-state index is 0.335. The van der Waals surface area contributed by atoms with Gasteiger partial charge in [0.05, 0.1) is 0 Å². The molecule has 0 spiro atoms. The minimum atomic E-state index is 0.335.